The summed E-state index contributed by atoms with van der Waals surface area (Å²) in [5.74, 6) is 1.04. The quantitative estimate of drug-likeness (QED) is 0.786. The van der Waals surface area contributed by atoms with Crippen LogP contribution >= 0.6 is 0 Å². The fourth-order valence-corrected chi connectivity index (χ4v) is 2.07. The first kappa shape index (κ1) is 11.7. The van der Waals surface area contributed by atoms with Gasteiger partial charge in [-0.1, -0.05) is 12.1 Å². The monoisotopic (exact) mass is 252 g/mol. The summed E-state index contributed by atoms with van der Waals surface area (Å²) in [5, 5.41) is 1.60. The molecule has 0 fully saturated rings. The molecule has 2 rings (SSSR count). The van der Waals surface area contributed by atoms with E-state index in [0.29, 0.717) is 11.5 Å². The maximum Gasteiger partial charge on any atom is 0.306 e. The van der Waals surface area contributed by atoms with Crippen molar-refractivity contribution in [3.8, 4) is 11.5 Å². The predicted molar refractivity (Wildman–Crippen MR) is 66.0 cm³/mol. The van der Waals surface area contributed by atoms with Crippen LogP contribution in [-0.2, 0) is 10.1 Å². The largest absolute Gasteiger partial charge is 0.497 e. The minimum atomic E-state index is -3.52. The van der Waals surface area contributed by atoms with E-state index in [4.69, 9.17) is 8.92 Å². The molecule has 0 aliphatic carbocycles. The Labute approximate surface area is 99.9 Å². The van der Waals surface area contributed by atoms with Crippen LogP contribution in [0, 0.1) is 0 Å². The van der Waals surface area contributed by atoms with Crippen LogP contribution in [-0.4, -0.2) is 21.8 Å². The molecule has 0 aliphatic rings. The van der Waals surface area contributed by atoms with Gasteiger partial charge in [0.1, 0.15) is 11.5 Å². The van der Waals surface area contributed by atoms with E-state index < -0.39 is 10.1 Å². The van der Waals surface area contributed by atoms with E-state index in [1.807, 2.05) is 12.1 Å². The van der Waals surface area contributed by atoms with Gasteiger partial charge in [-0.3, -0.25) is 0 Å². The Bertz CT molecular complexity index is 647. The van der Waals surface area contributed by atoms with Crippen molar-refractivity contribution in [3.63, 3.8) is 0 Å². The van der Waals surface area contributed by atoms with E-state index in [-0.39, 0.29) is 0 Å². The molecule has 0 unspecified atom stereocenters. The van der Waals surface area contributed by atoms with Crippen molar-refractivity contribution < 1.29 is 17.3 Å². The second-order valence-corrected chi connectivity index (χ2v) is 5.21. The third-order valence-electron chi connectivity index (χ3n) is 2.29. The number of methoxy groups -OCH3 is 1. The molecule has 0 saturated heterocycles. The number of fused-ring (bicyclic) bond motifs is 1. The summed E-state index contributed by atoms with van der Waals surface area (Å²) >= 11 is 0. The lowest BCUT2D eigenvalue weighted by molar-refractivity contribution is 0.415. The lowest BCUT2D eigenvalue weighted by atomic mass is 10.1. The van der Waals surface area contributed by atoms with E-state index in [2.05, 4.69) is 0 Å². The van der Waals surface area contributed by atoms with E-state index in [1.165, 1.54) is 0 Å². The molecule has 0 N–H and O–H groups in total. The number of rotatable bonds is 3. The Morgan fingerprint density at radius 2 is 1.88 bits per heavy atom. The molecular weight excluding hydrogens is 240 g/mol. The van der Waals surface area contributed by atoms with Gasteiger partial charge in [-0.2, -0.15) is 8.42 Å². The van der Waals surface area contributed by atoms with Crippen LogP contribution in [0.25, 0.3) is 10.8 Å². The van der Waals surface area contributed by atoms with Crippen molar-refractivity contribution in [2.75, 3.05) is 13.4 Å². The Morgan fingerprint density at radius 1 is 1.12 bits per heavy atom. The molecule has 0 atom stereocenters. The minimum absolute atomic E-state index is 0.327. The number of hydrogen-bond acceptors (Lipinski definition) is 4. The highest BCUT2D eigenvalue weighted by Crippen LogP contribution is 2.29. The van der Waals surface area contributed by atoms with Crippen molar-refractivity contribution in [2.45, 2.75) is 0 Å². The van der Waals surface area contributed by atoms with Crippen molar-refractivity contribution in [2.24, 2.45) is 0 Å². The van der Waals surface area contributed by atoms with Crippen molar-refractivity contribution in [3.05, 3.63) is 36.4 Å². The van der Waals surface area contributed by atoms with Crippen molar-refractivity contribution in [1.29, 1.82) is 0 Å². The zero-order chi connectivity index (χ0) is 12.5. The van der Waals surface area contributed by atoms with Crippen molar-refractivity contribution in [1.82, 2.24) is 0 Å². The van der Waals surface area contributed by atoms with Crippen LogP contribution in [0.3, 0.4) is 0 Å². The maximum atomic E-state index is 11.1. The fraction of sp³-hybridized carbons (Fsp3) is 0.167. The fourth-order valence-electron chi connectivity index (χ4n) is 1.59. The van der Waals surface area contributed by atoms with Gasteiger partial charge in [-0.25, -0.2) is 0 Å². The molecule has 0 spiro atoms. The molecule has 2 aromatic rings. The third kappa shape index (κ3) is 2.68. The molecule has 2 aromatic carbocycles. The highest BCUT2D eigenvalue weighted by molar-refractivity contribution is 7.86. The predicted octanol–water partition coefficient (Wildman–Crippen LogP) is 2.19. The third-order valence-corrected chi connectivity index (χ3v) is 2.77. The highest BCUT2D eigenvalue weighted by Gasteiger charge is 2.08. The first-order valence-corrected chi connectivity index (χ1v) is 6.77. The summed E-state index contributed by atoms with van der Waals surface area (Å²) in [6, 6.07) is 10.6. The molecule has 0 heterocycles. The van der Waals surface area contributed by atoms with Gasteiger partial charge in [0.15, 0.2) is 0 Å². The topological polar surface area (TPSA) is 52.6 Å². The summed E-state index contributed by atoms with van der Waals surface area (Å²) in [6.07, 6.45) is 1.02. The lowest BCUT2D eigenvalue weighted by Gasteiger charge is -2.08. The van der Waals surface area contributed by atoms with E-state index >= 15 is 0 Å². The van der Waals surface area contributed by atoms with Gasteiger partial charge in [-0.15, -0.1) is 0 Å². The maximum absolute atomic E-state index is 11.1. The second-order valence-electron chi connectivity index (χ2n) is 3.63. The van der Waals surface area contributed by atoms with E-state index in [0.717, 1.165) is 17.0 Å². The van der Waals surface area contributed by atoms with Gasteiger partial charge in [0, 0.05) is 5.39 Å². The zero-order valence-corrected chi connectivity index (χ0v) is 10.3. The Morgan fingerprint density at radius 3 is 2.53 bits per heavy atom. The molecule has 0 radical (unpaired) electrons. The van der Waals surface area contributed by atoms with Gasteiger partial charge >= 0.3 is 10.1 Å². The summed E-state index contributed by atoms with van der Waals surface area (Å²) in [7, 11) is -1.93. The summed E-state index contributed by atoms with van der Waals surface area (Å²) in [4.78, 5) is 0. The Kier molecular flexibility index (Phi) is 2.93. The number of hydrogen-bond donors (Lipinski definition) is 0. The molecule has 0 amide bonds. The highest BCUT2D eigenvalue weighted by atomic mass is 32.2. The Hall–Kier alpha value is -1.75. The van der Waals surface area contributed by atoms with Crippen LogP contribution in [0.15, 0.2) is 36.4 Å². The Balaban J connectivity index is 2.58. The van der Waals surface area contributed by atoms with Gasteiger partial charge in [0.05, 0.1) is 13.4 Å². The van der Waals surface area contributed by atoms with Gasteiger partial charge < -0.3 is 8.92 Å². The smallest absolute Gasteiger partial charge is 0.306 e. The lowest BCUT2D eigenvalue weighted by Crippen LogP contribution is -2.05. The average molecular weight is 252 g/mol. The second kappa shape index (κ2) is 4.25. The molecule has 0 saturated carbocycles. The molecule has 17 heavy (non-hydrogen) atoms. The SMILES string of the molecule is COc1ccc2c(OS(C)(=O)=O)cccc2c1. The molecular formula is C12H12O4S. The van der Waals surface area contributed by atoms with Gasteiger partial charge in [-0.05, 0) is 29.7 Å². The average Bonchev–Trinajstić information content (AvgIpc) is 2.26. The van der Waals surface area contributed by atoms with E-state index in [9.17, 15) is 8.42 Å². The minimum Gasteiger partial charge on any atom is -0.497 e. The molecule has 0 aliphatic heterocycles. The van der Waals surface area contributed by atoms with Crippen LogP contribution in [0.1, 0.15) is 0 Å². The first-order valence-electron chi connectivity index (χ1n) is 4.96. The van der Waals surface area contributed by atoms with Gasteiger partial charge in [0.25, 0.3) is 0 Å². The normalized spacial score (nSPS) is 11.4. The molecule has 90 valence electrons. The van der Waals surface area contributed by atoms with Gasteiger partial charge in [0.2, 0.25) is 0 Å². The van der Waals surface area contributed by atoms with Crippen LogP contribution < -0.4 is 8.92 Å². The van der Waals surface area contributed by atoms with Crippen LogP contribution in [0.4, 0.5) is 0 Å². The van der Waals surface area contributed by atoms with Crippen molar-refractivity contribution >= 4 is 20.9 Å². The number of ether oxygens (including phenoxy) is 1. The van der Waals surface area contributed by atoms with Crippen LogP contribution in [0.2, 0.25) is 0 Å². The van der Waals surface area contributed by atoms with Crippen LogP contribution in [0.5, 0.6) is 11.5 Å². The molecule has 0 aromatic heterocycles. The summed E-state index contributed by atoms with van der Waals surface area (Å²) < 4.78 is 32.3. The number of benzene rings is 2. The summed E-state index contributed by atoms with van der Waals surface area (Å²) in [6.45, 7) is 0. The standard InChI is InChI=1S/C12H12O4S/c1-15-10-6-7-11-9(8-10)4-3-5-12(11)16-17(2,13)14/h3-8H,1-2H3. The molecule has 4 nitrogen and oxygen atoms in total. The van der Waals surface area contributed by atoms with E-state index in [1.54, 1.807) is 31.4 Å². The first-order chi connectivity index (χ1) is 7.99. The molecule has 0 bridgehead atoms. The zero-order valence-electron chi connectivity index (χ0n) is 9.51. The molecule has 5 heteroatoms. The summed E-state index contributed by atoms with van der Waals surface area (Å²) in [5.41, 5.74) is 0.